The molecule has 1 heterocycles. The summed E-state index contributed by atoms with van der Waals surface area (Å²) in [5.41, 5.74) is 0. The van der Waals surface area contributed by atoms with Crippen molar-refractivity contribution >= 4 is 17.8 Å². The SMILES string of the molecule is CCC[C@@H]1C=C[C@H]2[C@@H](C(=O)N(CCCO)[C@@H]2C(=O)NC2CCCCC2)[C@@H]1C(=O)OCC. The lowest BCUT2D eigenvalue weighted by molar-refractivity contribution is -0.155. The van der Waals surface area contributed by atoms with Gasteiger partial charge < -0.3 is 20.1 Å². The molecule has 2 fully saturated rings. The second kappa shape index (κ2) is 11.1. The van der Waals surface area contributed by atoms with E-state index in [1.807, 2.05) is 12.2 Å². The number of nitrogens with zero attached hydrogens (tertiary/aromatic N) is 1. The summed E-state index contributed by atoms with van der Waals surface area (Å²) >= 11 is 0. The third kappa shape index (κ3) is 5.13. The largest absolute Gasteiger partial charge is 0.466 e. The molecule has 1 aliphatic heterocycles. The monoisotopic (exact) mass is 434 g/mol. The fourth-order valence-corrected chi connectivity index (χ4v) is 5.68. The first-order valence-electron chi connectivity index (χ1n) is 12.1. The van der Waals surface area contributed by atoms with Gasteiger partial charge in [0.25, 0.3) is 0 Å². The van der Waals surface area contributed by atoms with Crippen LogP contribution < -0.4 is 5.32 Å². The van der Waals surface area contributed by atoms with Crippen LogP contribution in [-0.2, 0) is 19.1 Å². The molecular weight excluding hydrogens is 396 g/mol. The van der Waals surface area contributed by atoms with E-state index >= 15 is 0 Å². The molecule has 3 rings (SSSR count). The highest BCUT2D eigenvalue weighted by atomic mass is 16.5. The Morgan fingerprint density at radius 2 is 1.94 bits per heavy atom. The number of allylic oxidation sites excluding steroid dienone is 1. The fourth-order valence-electron chi connectivity index (χ4n) is 5.68. The van der Waals surface area contributed by atoms with Crippen molar-refractivity contribution in [2.24, 2.45) is 23.7 Å². The van der Waals surface area contributed by atoms with Crippen molar-refractivity contribution in [2.45, 2.75) is 77.3 Å². The molecule has 0 bridgehead atoms. The lowest BCUT2D eigenvalue weighted by Gasteiger charge is -2.34. The molecular formula is C24H38N2O5. The Labute approximate surface area is 185 Å². The first-order chi connectivity index (χ1) is 15.0. The number of hydrogen-bond acceptors (Lipinski definition) is 5. The van der Waals surface area contributed by atoms with Gasteiger partial charge in [0.15, 0.2) is 0 Å². The van der Waals surface area contributed by atoms with Crippen molar-refractivity contribution in [3.05, 3.63) is 12.2 Å². The van der Waals surface area contributed by atoms with Gasteiger partial charge >= 0.3 is 5.97 Å². The number of fused-ring (bicyclic) bond motifs is 1. The van der Waals surface area contributed by atoms with Crippen molar-refractivity contribution in [1.82, 2.24) is 10.2 Å². The smallest absolute Gasteiger partial charge is 0.310 e. The molecule has 2 N–H and O–H groups in total. The van der Waals surface area contributed by atoms with Crippen molar-refractivity contribution in [3.63, 3.8) is 0 Å². The molecule has 0 aromatic heterocycles. The summed E-state index contributed by atoms with van der Waals surface area (Å²) in [7, 11) is 0. The molecule has 2 aliphatic carbocycles. The minimum absolute atomic E-state index is 0.0499. The lowest BCUT2D eigenvalue weighted by atomic mass is 9.68. The first kappa shape index (κ1) is 23.8. The van der Waals surface area contributed by atoms with E-state index in [1.165, 1.54) is 6.42 Å². The van der Waals surface area contributed by atoms with Gasteiger partial charge in [0, 0.05) is 25.1 Å². The van der Waals surface area contributed by atoms with Gasteiger partial charge in [-0.1, -0.05) is 44.8 Å². The number of esters is 1. The van der Waals surface area contributed by atoms with Crippen LogP contribution in [0.4, 0.5) is 0 Å². The first-order valence-corrected chi connectivity index (χ1v) is 12.1. The maximum absolute atomic E-state index is 13.5. The van der Waals surface area contributed by atoms with E-state index in [4.69, 9.17) is 4.74 Å². The minimum Gasteiger partial charge on any atom is -0.466 e. The maximum Gasteiger partial charge on any atom is 0.310 e. The van der Waals surface area contributed by atoms with Crippen molar-refractivity contribution in [2.75, 3.05) is 19.8 Å². The fraction of sp³-hybridized carbons (Fsp3) is 0.792. The zero-order valence-electron chi connectivity index (χ0n) is 18.9. The van der Waals surface area contributed by atoms with Crippen LogP contribution in [0, 0.1) is 23.7 Å². The minimum atomic E-state index is -0.637. The molecule has 174 valence electrons. The lowest BCUT2D eigenvalue weighted by Crippen LogP contribution is -2.50. The van der Waals surface area contributed by atoms with E-state index in [-0.39, 0.29) is 48.9 Å². The number of rotatable bonds is 9. The molecule has 5 atom stereocenters. The molecule has 1 saturated heterocycles. The number of carbonyl (C=O) groups excluding carboxylic acids is 3. The van der Waals surface area contributed by atoms with E-state index in [9.17, 15) is 19.5 Å². The predicted octanol–water partition coefficient (Wildman–Crippen LogP) is 2.43. The predicted molar refractivity (Wildman–Crippen MR) is 117 cm³/mol. The van der Waals surface area contributed by atoms with Gasteiger partial charge in [0.05, 0.1) is 18.4 Å². The van der Waals surface area contributed by atoms with E-state index in [2.05, 4.69) is 12.2 Å². The third-order valence-electron chi connectivity index (χ3n) is 7.07. The van der Waals surface area contributed by atoms with Crippen molar-refractivity contribution in [3.8, 4) is 0 Å². The Hall–Kier alpha value is -1.89. The highest BCUT2D eigenvalue weighted by molar-refractivity contribution is 5.96. The quantitative estimate of drug-likeness (QED) is 0.429. The Morgan fingerprint density at radius 1 is 1.19 bits per heavy atom. The molecule has 0 radical (unpaired) electrons. The normalized spacial score (nSPS) is 30.9. The van der Waals surface area contributed by atoms with Crippen LogP contribution in [0.2, 0.25) is 0 Å². The van der Waals surface area contributed by atoms with E-state index in [1.54, 1.807) is 11.8 Å². The number of nitrogens with one attached hydrogen (secondary N) is 1. The van der Waals surface area contributed by atoms with Crippen LogP contribution in [-0.4, -0.2) is 59.6 Å². The van der Waals surface area contributed by atoms with Crippen LogP contribution in [0.5, 0.6) is 0 Å². The van der Waals surface area contributed by atoms with Crippen LogP contribution >= 0.6 is 0 Å². The van der Waals surface area contributed by atoms with Gasteiger partial charge in [0.2, 0.25) is 11.8 Å². The second-order valence-corrected chi connectivity index (χ2v) is 9.12. The van der Waals surface area contributed by atoms with Crippen molar-refractivity contribution in [1.29, 1.82) is 0 Å². The molecule has 2 amide bonds. The summed E-state index contributed by atoms with van der Waals surface area (Å²) in [6.07, 6.45) is 11.5. The number of aliphatic hydroxyl groups excluding tert-OH is 1. The number of aliphatic hydroxyl groups is 1. The van der Waals surface area contributed by atoms with Crippen LogP contribution in [0.1, 0.15) is 65.2 Å². The molecule has 0 aromatic rings. The molecule has 7 heteroatoms. The summed E-state index contributed by atoms with van der Waals surface area (Å²) in [6, 6.07) is -0.488. The van der Waals surface area contributed by atoms with Gasteiger partial charge in [-0.05, 0) is 38.5 Å². The van der Waals surface area contributed by atoms with Gasteiger partial charge in [-0.25, -0.2) is 0 Å². The number of ether oxygens (including phenoxy) is 1. The number of amides is 2. The molecule has 31 heavy (non-hydrogen) atoms. The molecule has 0 unspecified atom stereocenters. The maximum atomic E-state index is 13.5. The van der Waals surface area contributed by atoms with Gasteiger partial charge in [0.1, 0.15) is 6.04 Å². The van der Waals surface area contributed by atoms with Gasteiger partial charge in [-0.2, -0.15) is 0 Å². The number of carbonyl (C=O) groups is 3. The molecule has 1 saturated carbocycles. The summed E-state index contributed by atoms with van der Waals surface area (Å²) in [5.74, 6) is -2.19. The van der Waals surface area contributed by atoms with Crippen LogP contribution in [0.3, 0.4) is 0 Å². The Bertz CT molecular complexity index is 673. The Morgan fingerprint density at radius 3 is 2.58 bits per heavy atom. The zero-order valence-corrected chi connectivity index (χ0v) is 18.9. The summed E-state index contributed by atoms with van der Waals surface area (Å²) in [6.45, 7) is 4.36. The average Bonchev–Trinajstić information content (AvgIpc) is 3.05. The van der Waals surface area contributed by atoms with Crippen LogP contribution in [0.15, 0.2) is 12.2 Å². The standard InChI is InChI=1S/C24H38N2O5/c1-3-9-16-12-13-18-20(19(16)24(30)31-4-2)23(29)26(14-8-15-27)21(18)22(28)25-17-10-6-5-7-11-17/h12-13,16-21,27H,3-11,14-15H2,1-2H3,(H,25,28)/t16-,18+,19-,20-,21+/m1/s1. The van der Waals surface area contributed by atoms with Crippen LogP contribution in [0.25, 0.3) is 0 Å². The van der Waals surface area contributed by atoms with Gasteiger partial charge in [-0.3, -0.25) is 14.4 Å². The summed E-state index contributed by atoms with van der Waals surface area (Å²) < 4.78 is 5.36. The molecule has 0 aromatic carbocycles. The summed E-state index contributed by atoms with van der Waals surface area (Å²) in [5, 5.41) is 12.5. The Kier molecular flexibility index (Phi) is 8.52. The highest BCUT2D eigenvalue weighted by Crippen LogP contribution is 2.45. The topological polar surface area (TPSA) is 95.9 Å². The van der Waals surface area contributed by atoms with E-state index in [0.29, 0.717) is 13.0 Å². The summed E-state index contributed by atoms with van der Waals surface area (Å²) in [4.78, 5) is 41.4. The molecule has 0 spiro atoms. The van der Waals surface area contributed by atoms with Gasteiger partial charge in [-0.15, -0.1) is 0 Å². The van der Waals surface area contributed by atoms with E-state index in [0.717, 1.165) is 38.5 Å². The average molecular weight is 435 g/mol. The third-order valence-corrected chi connectivity index (χ3v) is 7.07. The second-order valence-electron chi connectivity index (χ2n) is 9.12. The number of hydrogen-bond donors (Lipinski definition) is 2. The van der Waals surface area contributed by atoms with Crippen molar-refractivity contribution < 1.29 is 24.2 Å². The Balaban J connectivity index is 1.89. The molecule has 7 nitrogen and oxygen atoms in total. The zero-order chi connectivity index (χ0) is 22.4. The molecule has 3 aliphatic rings. The number of likely N-dealkylation sites (tertiary alicyclic amines) is 1. The highest BCUT2D eigenvalue weighted by Gasteiger charge is 2.57. The van der Waals surface area contributed by atoms with E-state index < -0.39 is 17.9 Å².